The number of carbonyl (C=O) groups is 2. The van der Waals surface area contributed by atoms with Crippen LogP contribution in [0.3, 0.4) is 0 Å². The van der Waals surface area contributed by atoms with Gasteiger partial charge in [-0.05, 0) is 49.2 Å². The molecule has 0 aliphatic carbocycles. The van der Waals surface area contributed by atoms with Gasteiger partial charge in [-0.15, -0.1) is 0 Å². The Morgan fingerprint density at radius 2 is 2.00 bits per heavy atom. The average molecular weight is 269 g/mol. The topological polar surface area (TPSA) is 50.5 Å². The summed E-state index contributed by atoms with van der Waals surface area (Å²) >= 11 is 0. The maximum absolute atomic E-state index is 12.3. The van der Waals surface area contributed by atoms with E-state index in [0.29, 0.717) is 24.2 Å². The maximum atomic E-state index is 12.3. The minimum atomic E-state index is -0.125. The highest BCUT2D eigenvalue weighted by Gasteiger charge is 2.22. The number of ketones is 1. The van der Waals surface area contributed by atoms with E-state index >= 15 is 0 Å². The number of rotatable bonds is 2. The Balaban J connectivity index is 1.97. The molecule has 0 saturated heterocycles. The van der Waals surface area contributed by atoms with E-state index in [1.54, 1.807) is 30.1 Å². The molecule has 1 aromatic heterocycles. The smallest absolute Gasteiger partial charge is 0.228 e. The zero-order valence-corrected chi connectivity index (χ0v) is 11.5. The molecule has 3 rings (SSSR count). The second kappa shape index (κ2) is 4.63. The molecule has 0 radical (unpaired) electrons. The summed E-state index contributed by atoms with van der Waals surface area (Å²) in [6.45, 7) is 1.81. The molecule has 2 aromatic rings. The standard InChI is InChI=1S/C16H15NO3/c1-10-3-7-14(20-10)16(19)12-4-6-13-11(9-12)5-8-15(18)17(13)2/h3-4,6-7,9H,5,8H2,1-2H3. The molecule has 0 saturated carbocycles. The van der Waals surface area contributed by atoms with E-state index in [4.69, 9.17) is 4.42 Å². The number of hydrogen-bond acceptors (Lipinski definition) is 3. The predicted molar refractivity (Wildman–Crippen MR) is 75.1 cm³/mol. The van der Waals surface area contributed by atoms with Crippen molar-refractivity contribution < 1.29 is 14.0 Å². The number of nitrogens with zero attached hydrogens (tertiary/aromatic N) is 1. The number of hydrogen-bond donors (Lipinski definition) is 0. The molecule has 4 nitrogen and oxygen atoms in total. The fraction of sp³-hybridized carbons (Fsp3) is 0.250. The molecule has 0 N–H and O–H groups in total. The van der Waals surface area contributed by atoms with Gasteiger partial charge >= 0.3 is 0 Å². The summed E-state index contributed by atoms with van der Waals surface area (Å²) in [4.78, 5) is 25.6. The highest BCUT2D eigenvalue weighted by atomic mass is 16.3. The largest absolute Gasteiger partial charge is 0.458 e. The Morgan fingerprint density at radius 1 is 1.20 bits per heavy atom. The van der Waals surface area contributed by atoms with E-state index < -0.39 is 0 Å². The normalized spacial score (nSPS) is 14.3. The van der Waals surface area contributed by atoms with Crippen molar-refractivity contribution in [1.29, 1.82) is 0 Å². The third-order valence-corrected chi connectivity index (χ3v) is 3.65. The van der Waals surface area contributed by atoms with Crippen LogP contribution >= 0.6 is 0 Å². The van der Waals surface area contributed by atoms with Crippen LogP contribution in [0.15, 0.2) is 34.7 Å². The number of anilines is 1. The molecule has 0 spiro atoms. The second-order valence-electron chi connectivity index (χ2n) is 5.04. The van der Waals surface area contributed by atoms with E-state index in [1.165, 1.54) is 0 Å². The van der Waals surface area contributed by atoms with Crippen molar-refractivity contribution >= 4 is 17.4 Å². The van der Waals surface area contributed by atoms with Crippen molar-refractivity contribution in [3.63, 3.8) is 0 Å². The van der Waals surface area contributed by atoms with Crippen LogP contribution in [0.25, 0.3) is 0 Å². The van der Waals surface area contributed by atoms with Gasteiger partial charge < -0.3 is 9.32 Å². The van der Waals surface area contributed by atoms with Crippen molar-refractivity contribution in [3.8, 4) is 0 Å². The van der Waals surface area contributed by atoms with Crippen LogP contribution in [-0.2, 0) is 11.2 Å². The van der Waals surface area contributed by atoms with E-state index in [-0.39, 0.29) is 11.7 Å². The molecule has 102 valence electrons. The third kappa shape index (κ3) is 2.03. The first-order chi connectivity index (χ1) is 9.56. The fourth-order valence-corrected chi connectivity index (χ4v) is 2.50. The van der Waals surface area contributed by atoms with Crippen molar-refractivity contribution in [3.05, 3.63) is 53.0 Å². The molecule has 1 aromatic carbocycles. The number of fused-ring (bicyclic) bond motifs is 1. The molecule has 1 aliphatic heterocycles. The number of furan rings is 1. The van der Waals surface area contributed by atoms with E-state index in [1.807, 2.05) is 19.1 Å². The molecule has 0 atom stereocenters. The fourth-order valence-electron chi connectivity index (χ4n) is 2.50. The van der Waals surface area contributed by atoms with Gasteiger partial charge in [0.2, 0.25) is 11.7 Å². The molecule has 0 unspecified atom stereocenters. The Morgan fingerprint density at radius 3 is 2.70 bits per heavy atom. The van der Waals surface area contributed by atoms with Crippen LogP contribution < -0.4 is 4.90 Å². The van der Waals surface area contributed by atoms with Crippen LogP contribution in [0.2, 0.25) is 0 Å². The summed E-state index contributed by atoms with van der Waals surface area (Å²) < 4.78 is 5.37. The van der Waals surface area contributed by atoms with Gasteiger partial charge in [0, 0.05) is 24.7 Å². The zero-order chi connectivity index (χ0) is 14.3. The molecule has 2 heterocycles. The second-order valence-corrected chi connectivity index (χ2v) is 5.04. The van der Waals surface area contributed by atoms with Crippen LogP contribution in [0.4, 0.5) is 5.69 Å². The molecular weight excluding hydrogens is 254 g/mol. The quantitative estimate of drug-likeness (QED) is 0.788. The minimum absolute atomic E-state index is 0.109. The van der Waals surface area contributed by atoms with Crippen molar-refractivity contribution in [2.75, 3.05) is 11.9 Å². The molecular formula is C16H15NO3. The van der Waals surface area contributed by atoms with Gasteiger partial charge in [0.05, 0.1) is 0 Å². The number of benzene rings is 1. The Hall–Kier alpha value is -2.36. The lowest BCUT2D eigenvalue weighted by molar-refractivity contribution is -0.118. The lowest BCUT2D eigenvalue weighted by Gasteiger charge is -2.25. The van der Waals surface area contributed by atoms with Gasteiger partial charge in [0.15, 0.2) is 5.76 Å². The maximum Gasteiger partial charge on any atom is 0.228 e. The van der Waals surface area contributed by atoms with E-state index in [9.17, 15) is 9.59 Å². The third-order valence-electron chi connectivity index (χ3n) is 3.65. The zero-order valence-electron chi connectivity index (χ0n) is 11.5. The summed E-state index contributed by atoms with van der Waals surface area (Å²) in [5, 5.41) is 0. The monoisotopic (exact) mass is 269 g/mol. The van der Waals surface area contributed by atoms with Crippen LogP contribution in [0, 0.1) is 6.92 Å². The molecule has 0 bridgehead atoms. The van der Waals surface area contributed by atoms with Crippen LogP contribution in [-0.4, -0.2) is 18.7 Å². The van der Waals surface area contributed by atoms with Crippen LogP contribution in [0.5, 0.6) is 0 Å². The molecule has 1 amide bonds. The molecule has 4 heteroatoms. The first kappa shape index (κ1) is 12.7. The predicted octanol–water partition coefficient (Wildman–Crippen LogP) is 2.73. The van der Waals surface area contributed by atoms with Crippen molar-refractivity contribution in [2.45, 2.75) is 19.8 Å². The highest BCUT2D eigenvalue weighted by molar-refractivity contribution is 6.08. The summed E-state index contributed by atoms with van der Waals surface area (Å²) in [5.74, 6) is 1.05. The van der Waals surface area contributed by atoms with Gasteiger partial charge in [-0.1, -0.05) is 0 Å². The number of carbonyl (C=O) groups excluding carboxylic acids is 2. The van der Waals surface area contributed by atoms with Crippen molar-refractivity contribution in [2.24, 2.45) is 0 Å². The summed E-state index contributed by atoms with van der Waals surface area (Å²) in [6.07, 6.45) is 1.16. The molecule has 20 heavy (non-hydrogen) atoms. The molecule has 1 aliphatic rings. The van der Waals surface area contributed by atoms with Gasteiger partial charge in [0.25, 0.3) is 0 Å². The summed E-state index contributed by atoms with van der Waals surface area (Å²) in [6, 6.07) is 8.90. The number of amides is 1. The summed E-state index contributed by atoms with van der Waals surface area (Å²) in [7, 11) is 1.76. The highest BCUT2D eigenvalue weighted by Crippen LogP contribution is 2.28. The average Bonchev–Trinajstić information content (AvgIpc) is 2.88. The SMILES string of the molecule is Cc1ccc(C(=O)c2ccc3c(c2)CCC(=O)N3C)o1. The minimum Gasteiger partial charge on any atom is -0.458 e. The molecule has 0 fully saturated rings. The van der Waals surface area contributed by atoms with Gasteiger partial charge in [0.1, 0.15) is 5.76 Å². The van der Waals surface area contributed by atoms with Gasteiger partial charge in [-0.2, -0.15) is 0 Å². The number of aryl methyl sites for hydroxylation is 2. The Labute approximate surface area is 117 Å². The van der Waals surface area contributed by atoms with E-state index in [0.717, 1.165) is 17.0 Å². The lowest BCUT2D eigenvalue weighted by atomic mass is 9.97. The van der Waals surface area contributed by atoms with Gasteiger partial charge in [-0.3, -0.25) is 9.59 Å². The summed E-state index contributed by atoms with van der Waals surface area (Å²) in [5.41, 5.74) is 2.51. The van der Waals surface area contributed by atoms with Crippen LogP contribution in [0.1, 0.15) is 33.9 Å². The van der Waals surface area contributed by atoms with Crippen molar-refractivity contribution in [1.82, 2.24) is 0 Å². The van der Waals surface area contributed by atoms with E-state index in [2.05, 4.69) is 0 Å². The van der Waals surface area contributed by atoms with Gasteiger partial charge in [-0.25, -0.2) is 0 Å². The first-order valence-corrected chi connectivity index (χ1v) is 6.57. The lowest BCUT2D eigenvalue weighted by Crippen LogP contribution is -2.31. The Kier molecular flexibility index (Phi) is 2.93. The Bertz CT molecular complexity index is 699. The first-order valence-electron chi connectivity index (χ1n) is 6.57.